The molecule has 0 saturated heterocycles. The van der Waals surface area contributed by atoms with Crippen molar-refractivity contribution in [2.24, 2.45) is 4.99 Å². The van der Waals surface area contributed by atoms with Crippen LogP contribution in [-0.4, -0.2) is 24.2 Å². The highest BCUT2D eigenvalue weighted by Crippen LogP contribution is 2.37. The zero-order chi connectivity index (χ0) is 14.0. The van der Waals surface area contributed by atoms with Crippen LogP contribution in [0.25, 0.3) is 0 Å². The number of carbonyl (C=O) groups is 1. The van der Waals surface area contributed by atoms with Crippen LogP contribution in [0.15, 0.2) is 29.3 Å². The summed E-state index contributed by atoms with van der Waals surface area (Å²) in [5, 5.41) is 2.10. The number of aliphatic imine (C=N–C) groups is 1. The standard InChI is InChI=1S/C13H11FN2O2S/c1-8(2)5-16-11-4-10(15-7-19)9(14)3-12(11)18-6-13(16)17/h3-4H,1,5-6H2,2H3. The van der Waals surface area contributed by atoms with Gasteiger partial charge in [-0.05, 0) is 25.2 Å². The van der Waals surface area contributed by atoms with Gasteiger partial charge < -0.3 is 9.64 Å². The maximum absolute atomic E-state index is 13.7. The van der Waals surface area contributed by atoms with E-state index in [4.69, 9.17) is 4.74 Å². The van der Waals surface area contributed by atoms with E-state index in [1.165, 1.54) is 17.0 Å². The van der Waals surface area contributed by atoms with Gasteiger partial charge in [0.15, 0.2) is 12.4 Å². The number of halogens is 1. The maximum Gasteiger partial charge on any atom is 0.265 e. The quantitative estimate of drug-likeness (QED) is 0.485. The molecule has 0 aromatic heterocycles. The van der Waals surface area contributed by atoms with E-state index in [2.05, 4.69) is 29.0 Å². The molecule has 0 N–H and O–H groups in total. The molecule has 1 amide bonds. The maximum atomic E-state index is 13.7. The van der Waals surface area contributed by atoms with Gasteiger partial charge in [-0.25, -0.2) is 4.39 Å². The van der Waals surface area contributed by atoms with Crippen molar-refractivity contribution in [1.82, 2.24) is 0 Å². The van der Waals surface area contributed by atoms with Crippen molar-refractivity contribution in [3.63, 3.8) is 0 Å². The number of fused-ring (bicyclic) bond motifs is 1. The number of amides is 1. The smallest absolute Gasteiger partial charge is 0.265 e. The van der Waals surface area contributed by atoms with E-state index in [9.17, 15) is 9.18 Å². The summed E-state index contributed by atoms with van der Waals surface area (Å²) in [6.07, 6.45) is 0. The summed E-state index contributed by atoms with van der Waals surface area (Å²) in [5.41, 5.74) is 1.30. The predicted molar refractivity (Wildman–Crippen MR) is 73.7 cm³/mol. The van der Waals surface area contributed by atoms with E-state index in [1.807, 2.05) is 6.92 Å². The number of thiocarbonyl (C=S) groups is 1. The van der Waals surface area contributed by atoms with Crippen molar-refractivity contribution in [3.8, 4) is 5.75 Å². The Balaban J connectivity index is 2.53. The third kappa shape index (κ3) is 2.70. The van der Waals surface area contributed by atoms with Gasteiger partial charge in [-0.1, -0.05) is 12.2 Å². The van der Waals surface area contributed by atoms with E-state index in [-0.39, 0.29) is 18.2 Å². The molecule has 98 valence electrons. The molecule has 1 heterocycles. The molecule has 1 aromatic rings. The molecule has 19 heavy (non-hydrogen) atoms. The van der Waals surface area contributed by atoms with Gasteiger partial charge in [0, 0.05) is 12.6 Å². The minimum Gasteiger partial charge on any atom is -0.481 e. The molecule has 0 unspecified atom stereocenters. The van der Waals surface area contributed by atoms with Gasteiger partial charge in [0.2, 0.25) is 0 Å². The number of ether oxygens (including phenoxy) is 1. The van der Waals surface area contributed by atoms with Crippen LogP contribution in [0.5, 0.6) is 5.75 Å². The third-order valence-electron chi connectivity index (χ3n) is 2.57. The second kappa shape index (κ2) is 5.30. The van der Waals surface area contributed by atoms with Crippen molar-refractivity contribution in [2.45, 2.75) is 6.92 Å². The number of benzene rings is 1. The van der Waals surface area contributed by atoms with Gasteiger partial charge in [-0.15, -0.1) is 0 Å². The average molecular weight is 278 g/mol. The zero-order valence-electron chi connectivity index (χ0n) is 10.3. The van der Waals surface area contributed by atoms with Gasteiger partial charge in [-0.3, -0.25) is 4.79 Å². The summed E-state index contributed by atoms with van der Waals surface area (Å²) in [4.78, 5) is 17.0. The Morgan fingerprint density at radius 1 is 1.68 bits per heavy atom. The van der Waals surface area contributed by atoms with E-state index in [0.717, 1.165) is 5.57 Å². The normalized spacial score (nSPS) is 13.4. The predicted octanol–water partition coefficient (Wildman–Crippen LogP) is 2.86. The van der Waals surface area contributed by atoms with E-state index < -0.39 is 5.82 Å². The molecule has 1 aliphatic rings. The minimum absolute atomic E-state index is 0.0266. The van der Waals surface area contributed by atoms with Crippen molar-refractivity contribution in [1.29, 1.82) is 0 Å². The molecule has 0 saturated carbocycles. The highest BCUT2D eigenvalue weighted by Gasteiger charge is 2.27. The van der Waals surface area contributed by atoms with E-state index >= 15 is 0 Å². The number of hydrogen-bond acceptors (Lipinski definition) is 4. The molecule has 0 fully saturated rings. The molecule has 0 spiro atoms. The fourth-order valence-electron chi connectivity index (χ4n) is 1.79. The number of hydrogen-bond donors (Lipinski definition) is 0. The molecule has 1 aliphatic heterocycles. The largest absolute Gasteiger partial charge is 0.481 e. The Hall–Kier alpha value is -2.04. The second-order valence-corrected chi connectivity index (χ2v) is 4.38. The first kappa shape index (κ1) is 13.4. The van der Waals surface area contributed by atoms with Gasteiger partial charge >= 0.3 is 0 Å². The SMILES string of the molecule is C=C(C)CN1C(=O)COc2cc(F)c(N=C=S)cc21. The van der Waals surface area contributed by atoms with Crippen LogP contribution < -0.4 is 9.64 Å². The zero-order valence-corrected chi connectivity index (χ0v) is 11.1. The first-order valence-electron chi connectivity index (χ1n) is 5.52. The Bertz CT molecular complexity index is 609. The Labute approximate surface area is 115 Å². The van der Waals surface area contributed by atoms with Gasteiger partial charge in [0.05, 0.1) is 10.8 Å². The summed E-state index contributed by atoms with van der Waals surface area (Å²) in [5.74, 6) is -0.471. The van der Waals surface area contributed by atoms with Gasteiger partial charge in [0.25, 0.3) is 5.91 Å². The lowest BCUT2D eigenvalue weighted by molar-refractivity contribution is -0.121. The third-order valence-corrected chi connectivity index (χ3v) is 2.66. The summed E-state index contributed by atoms with van der Waals surface area (Å²) >= 11 is 4.46. The average Bonchev–Trinajstić information content (AvgIpc) is 2.34. The molecule has 0 radical (unpaired) electrons. The molecule has 6 heteroatoms. The monoisotopic (exact) mass is 278 g/mol. The Kier molecular flexibility index (Phi) is 3.74. The molecule has 1 aromatic carbocycles. The lowest BCUT2D eigenvalue weighted by atomic mass is 10.2. The minimum atomic E-state index is -0.569. The van der Waals surface area contributed by atoms with Crippen LogP contribution in [0.1, 0.15) is 6.92 Å². The number of rotatable bonds is 3. The molecule has 4 nitrogen and oxygen atoms in total. The summed E-state index contributed by atoms with van der Waals surface area (Å²) in [7, 11) is 0. The molecular weight excluding hydrogens is 267 g/mol. The molecule has 0 bridgehead atoms. The highest BCUT2D eigenvalue weighted by atomic mass is 32.1. The van der Waals surface area contributed by atoms with Crippen LogP contribution in [0, 0.1) is 5.82 Å². The topological polar surface area (TPSA) is 41.9 Å². The Morgan fingerprint density at radius 2 is 2.42 bits per heavy atom. The van der Waals surface area contributed by atoms with Crippen molar-refractivity contribution in [2.75, 3.05) is 18.1 Å². The van der Waals surface area contributed by atoms with Crippen molar-refractivity contribution in [3.05, 3.63) is 30.1 Å². The van der Waals surface area contributed by atoms with Crippen molar-refractivity contribution < 1.29 is 13.9 Å². The number of nitrogens with zero attached hydrogens (tertiary/aromatic N) is 2. The number of anilines is 1. The number of carbonyl (C=O) groups excluding carboxylic acids is 1. The van der Waals surface area contributed by atoms with E-state index in [0.29, 0.717) is 18.0 Å². The lowest BCUT2D eigenvalue weighted by Crippen LogP contribution is -2.39. The first-order chi connectivity index (χ1) is 9.02. The van der Waals surface area contributed by atoms with Gasteiger partial charge in [0.1, 0.15) is 11.4 Å². The van der Waals surface area contributed by atoms with Crippen LogP contribution in [0.4, 0.5) is 15.8 Å². The lowest BCUT2D eigenvalue weighted by Gasteiger charge is -2.29. The first-order valence-corrected chi connectivity index (χ1v) is 5.92. The van der Waals surface area contributed by atoms with Crippen LogP contribution >= 0.6 is 12.2 Å². The van der Waals surface area contributed by atoms with Crippen molar-refractivity contribution >= 4 is 34.7 Å². The summed E-state index contributed by atoms with van der Waals surface area (Å²) in [6, 6.07) is 2.61. The van der Waals surface area contributed by atoms with Crippen LogP contribution in [0.2, 0.25) is 0 Å². The van der Waals surface area contributed by atoms with Crippen LogP contribution in [-0.2, 0) is 4.79 Å². The highest BCUT2D eigenvalue weighted by molar-refractivity contribution is 7.78. The summed E-state index contributed by atoms with van der Waals surface area (Å²) in [6.45, 7) is 5.81. The summed E-state index contributed by atoms with van der Waals surface area (Å²) < 4.78 is 18.9. The van der Waals surface area contributed by atoms with Crippen LogP contribution in [0.3, 0.4) is 0 Å². The molecule has 2 rings (SSSR count). The fraction of sp³-hybridized carbons (Fsp3) is 0.231. The number of isothiocyanates is 1. The fourth-order valence-corrected chi connectivity index (χ4v) is 1.89. The molecule has 0 aliphatic carbocycles. The molecular formula is C13H11FN2O2S. The Morgan fingerprint density at radius 3 is 3.05 bits per heavy atom. The second-order valence-electron chi connectivity index (χ2n) is 4.20. The van der Waals surface area contributed by atoms with E-state index in [1.54, 1.807) is 0 Å². The van der Waals surface area contributed by atoms with Gasteiger partial charge in [-0.2, -0.15) is 4.99 Å². The molecule has 0 atom stereocenters.